The zero-order valence-electron chi connectivity index (χ0n) is 12.9. The summed E-state index contributed by atoms with van der Waals surface area (Å²) in [6.45, 7) is 3.42. The van der Waals surface area contributed by atoms with Crippen LogP contribution in [0.1, 0.15) is 43.2 Å². The smallest absolute Gasteiger partial charge is 0.0808 e. The number of ether oxygens (including phenoxy) is 2. The summed E-state index contributed by atoms with van der Waals surface area (Å²) in [7, 11) is 0. The third kappa shape index (κ3) is 5.42. The molecule has 0 spiro atoms. The predicted octanol–water partition coefficient (Wildman–Crippen LogP) is 3.07. The molecule has 2 aliphatic rings. The Morgan fingerprint density at radius 1 is 1.05 bits per heavy atom. The van der Waals surface area contributed by atoms with Gasteiger partial charge in [0.1, 0.15) is 0 Å². The van der Waals surface area contributed by atoms with Crippen LogP contribution >= 0.6 is 0 Å². The predicted molar refractivity (Wildman–Crippen MR) is 84.4 cm³/mol. The van der Waals surface area contributed by atoms with Crippen LogP contribution in [0.5, 0.6) is 0 Å². The van der Waals surface area contributed by atoms with Gasteiger partial charge >= 0.3 is 0 Å². The Morgan fingerprint density at radius 3 is 2.57 bits per heavy atom. The first-order valence-electron chi connectivity index (χ1n) is 8.41. The maximum atomic E-state index is 5.78. The van der Waals surface area contributed by atoms with Crippen molar-refractivity contribution >= 4 is 0 Å². The van der Waals surface area contributed by atoms with E-state index in [1.165, 1.54) is 36.8 Å². The van der Waals surface area contributed by atoms with Crippen LogP contribution in [0, 0.1) is 0 Å². The van der Waals surface area contributed by atoms with Crippen molar-refractivity contribution in [2.24, 2.45) is 0 Å². The standard InChI is InChI=1S/C18H27NO2/c1-2-12-21-18(3-1)14-20-13-16-6-4-15(5-7-16)10-11-19-17-8-9-17/h4-7,17-19H,1-3,8-14H2. The second-order valence-electron chi connectivity index (χ2n) is 6.30. The van der Waals surface area contributed by atoms with Crippen molar-refractivity contribution in [3.63, 3.8) is 0 Å². The van der Waals surface area contributed by atoms with Crippen molar-refractivity contribution in [2.75, 3.05) is 19.8 Å². The lowest BCUT2D eigenvalue weighted by molar-refractivity contribution is -0.0447. The molecule has 0 amide bonds. The molecule has 0 radical (unpaired) electrons. The molecule has 1 N–H and O–H groups in total. The Hall–Kier alpha value is -0.900. The molecule has 0 aromatic heterocycles. The minimum absolute atomic E-state index is 0.312. The van der Waals surface area contributed by atoms with E-state index in [1.54, 1.807) is 0 Å². The fourth-order valence-corrected chi connectivity index (χ4v) is 2.76. The second-order valence-corrected chi connectivity index (χ2v) is 6.30. The van der Waals surface area contributed by atoms with Crippen molar-refractivity contribution in [1.82, 2.24) is 5.32 Å². The van der Waals surface area contributed by atoms with Gasteiger partial charge in [0.2, 0.25) is 0 Å². The lowest BCUT2D eigenvalue weighted by Gasteiger charge is -2.22. The number of benzene rings is 1. The van der Waals surface area contributed by atoms with Gasteiger partial charge in [-0.2, -0.15) is 0 Å². The number of hydrogen-bond donors (Lipinski definition) is 1. The van der Waals surface area contributed by atoms with Crippen molar-refractivity contribution in [1.29, 1.82) is 0 Å². The molecule has 0 bridgehead atoms. The van der Waals surface area contributed by atoms with Crippen LogP contribution in [0.25, 0.3) is 0 Å². The highest BCUT2D eigenvalue weighted by atomic mass is 16.5. The topological polar surface area (TPSA) is 30.5 Å². The summed E-state index contributed by atoms with van der Waals surface area (Å²) in [5.41, 5.74) is 2.66. The van der Waals surface area contributed by atoms with E-state index in [0.717, 1.165) is 38.6 Å². The van der Waals surface area contributed by atoms with Gasteiger partial charge < -0.3 is 14.8 Å². The van der Waals surface area contributed by atoms with Gasteiger partial charge in [0, 0.05) is 12.6 Å². The lowest BCUT2D eigenvalue weighted by Crippen LogP contribution is -2.24. The van der Waals surface area contributed by atoms with Gasteiger partial charge in [-0.25, -0.2) is 0 Å². The van der Waals surface area contributed by atoms with E-state index in [-0.39, 0.29) is 0 Å². The summed E-state index contributed by atoms with van der Waals surface area (Å²) in [5.74, 6) is 0. The summed E-state index contributed by atoms with van der Waals surface area (Å²) in [5, 5.41) is 3.55. The molecule has 2 fully saturated rings. The number of nitrogens with one attached hydrogen (secondary N) is 1. The molecule has 116 valence electrons. The normalized spacial score (nSPS) is 22.4. The lowest BCUT2D eigenvalue weighted by atomic mass is 10.1. The minimum atomic E-state index is 0.312. The quantitative estimate of drug-likeness (QED) is 0.798. The van der Waals surface area contributed by atoms with E-state index in [9.17, 15) is 0 Å². The Labute approximate surface area is 128 Å². The van der Waals surface area contributed by atoms with Gasteiger partial charge in [-0.05, 0) is 56.2 Å². The highest BCUT2D eigenvalue weighted by Gasteiger charge is 2.19. The average molecular weight is 289 g/mol. The van der Waals surface area contributed by atoms with Crippen LogP contribution < -0.4 is 5.32 Å². The Balaban J connectivity index is 1.33. The van der Waals surface area contributed by atoms with E-state index in [4.69, 9.17) is 9.47 Å². The minimum Gasteiger partial charge on any atom is -0.376 e. The molecule has 1 aromatic carbocycles. The molecular weight excluding hydrogens is 262 g/mol. The Kier molecular flexibility index (Phi) is 5.67. The molecule has 21 heavy (non-hydrogen) atoms. The Bertz CT molecular complexity index is 408. The highest BCUT2D eigenvalue weighted by Crippen LogP contribution is 2.18. The molecule has 1 heterocycles. The fourth-order valence-electron chi connectivity index (χ4n) is 2.76. The number of hydrogen-bond acceptors (Lipinski definition) is 3. The van der Waals surface area contributed by atoms with Gasteiger partial charge in [-0.15, -0.1) is 0 Å². The van der Waals surface area contributed by atoms with Gasteiger partial charge in [0.05, 0.1) is 19.3 Å². The zero-order chi connectivity index (χ0) is 14.3. The van der Waals surface area contributed by atoms with Gasteiger partial charge in [-0.1, -0.05) is 24.3 Å². The maximum absolute atomic E-state index is 5.78. The Morgan fingerprint density at radius 2 is 1.86 bits per heavy atom. The van der Waals surface area contributed by atoms with Crippen molar-refractivity contribution in [3.8, 4) is 0 Å². The molecule has 3 rings (SSSR count). The van der Waals surface area contributed by atoms with Crippen LogP contribution in [0.4, 0.5) is 0 Å². The van der Waals surface area contributed by atoms with Crippen LogP contribution in [-0.4, -0.2) is 31.9 Å². The fraction of sp³-hybridized carbons (Fsp3) is 0.667. The van der Waals surface area contributed by atoms with E-state index < -0.39 is 0 Å². The van der Waals surface area contributed by atoms with Crippen LogP contribution in [-0.2, 0) is 22.5 Å². The monoisotopic (exact) mass is 289 g/mol. The summed E-state index contributed by atoms with van der Waals surface area (Å²) < 4.78 is 11.5. The third-order valence-electron chi connectivity index (χ3n) is 4.29. The first kappa shape index (κ1) is 15.0. The molecule has 1 saturated carbocycles. The van der Waals surface area contributed by atoms with Gasteiger partial charge in [-0.3, -0.25) is 0 Å². The van der Waals surface area contributed by atoms with E-state index in [1.807, 2.05) is 0 Å². The van der Waals surface area contributed by atoms with Crippen molar-refractivity contribution in [2.45, 2.75) is 57.3 Å². The van der Waals surface area contributed by atoms with E-state index in [2.05, 4.69) is 29.6 Å². The summed E-state index contributed by atoms with van der Waals surface area (Å²) >= 11 is 0. The number of rotatable bonds is 8. The molecular formula is C18H27NO2. The highest BCUT2D eigenvalue weighted by molar-refractivity contribution is 5.22. The molecule has 1 aromatic rings. The van der Waals surface area contributed by atoms with Crippen LogP contribution in [0.3, 0.4) is 0 Å². The molecule has 3 heteroatoms. The summed E-state index contributed by atoms with van der Waals surface area (Å²) in [6, 6.07) is 9.64. The van der Waals surface area contributed by atoms with E-state index in [0.29, 0.717) is 12.7 Å². The molecule has 1 atom stereocenters. The largest absolute Gasteiger partial charge is 0.376 e. The van der Waals surface area contributed by atoms with Gasteiger partial charge in [0.25, 0.3) is 0 Å². The molecule has 3 nitrogen and oxygen atoms in total. The van der Waals surface area contributed by atoms with Crippen LogP contribution in [0.15, 0.2) is 24.3 Å². The first-order chi connectivity index (χ1) is 10.4. The first-order valence-corrected chi connectivity index (χ1v) is 8.41. The summed E-state index contributed by atoms with van der Waals surface area (Å²) in [6.07, 6.45) is 7.78. The zero-order valence-corrected chi connectivity index (χ0v) is 12.9. The molecule has 1 aliphatic carbocycles. The van der Waals surface area contributed by atoms with Gasteiger partial charge in [0.15, 0.2) is 0 Å². The van der Waals surface area contributed by atoms with Crippen molar-refractivity contribution in [3.05, 3.63) is 35.4 Å². The molecule has 1 aliphatic heterocycles. The maximum Gasteiger partial charge on any atom is 0.0808 e. The van der Waals surface area contributed by atoms with E-state index >= 15 is 0 Å². The molecule has 1 unspecified atom stereocenters. The average Bonchev–Trinajstić information content (AvgIpc) is 3.34. The summed E-state index contributed by atoms with van der Waals surface area (Å²) in [4.78, 5) is 0. The van der Waals surface area contributed by atoms with Crippen LogP contribution in [0.2, 0.25) is 0 Å². The third-order valence-corrected chi connectivity index (χ3v) is 4.29. The second kappa shape index (κ2) is 7.92. The van der Waals surface area contributed by atoms with Crippen molar-refractivity contribution < 1.29 is 9.47 Å². The SMILES string of the molecule is c1cc(COCC2CCCCO2)ccc1CCNC1CC1. The molecule has 1 saturated heterocycles.